The highest BCUT2D eigenvalue weighted by Gasteiger charge is 2.33. The van der Waals surface area contributed by atoms with E-state index in [1.807, 2.05) is 60.7 Å². The molecular formula is C20H20O. The van der Waals surface area contributed by atoms with Crippen LogP contribution in [-0.2, 0) is 5.60 Å². The van der Waals surface area contributed by atoms with E-state index in [1.165, 1.54) is 0 Å². The maximum atomic E-state index is 11.4. The lowest BCUT2D eigenvalue weighted by Gasteiger charge is -2.32. The zero-order valence-electron chi connectivity index (χ0n) is 12.0. The molecule has 1 aliphatic carbocycles. The maximum Gasteiger partial charge on any atom is 0.115 e. The molecule has 1 heteroatoms. The Labute approximate surface area is 126 Å². The Hall–Kier alpha value is -2.12. The minimum Gasteiger partial charge on any atom is -0.380 e. The fourth-order valence-electron chi connectivity index (χ4n) is 2.99. The zero-order valence-corrected chi connectivity index (χ0v) is 12.0. The summed E-state index contributed by atoms with van der Waals surface area (Å²) in [5.41, 5.74) is 0.973. The van der Waals surface area contributed by atoms with E-state index in [9.17, 15) is 5.11 Å². The summed E-state index contributed by atoms with van der Waals surface area (Å²) >= 11 is 0. The van der Waals surface area contributed by atoms with Gasteiger partial charge in [0.15, 0.2) is 0 Å². The Balaban J connectivity index is 1.98. The second-order valence-electron chi connectivity index (χ2n) is 5.61. The third-order valence-electron chi connectivity index (χ3n) is 4.13. The summed E-state index contributed by atoms with van der Waals surface area (Å²) in [7, 11) is 0. The lowest BCUT2D eigenvalue weighted by Crippen LogP contribution is -2.30. The minimum atomic E-state index is -0.942. The number of allylic oxidation sites excluding steroid dienone is 4. The molecule has 0 heterocycles. The van der Waals surface area contributed by atoms with E-state index in [0.717, 1.165) is 17.5 Å². The summed E-state index contributed by atoms with van der Waals surface area (Å²) in [6, 6.07) is 19.9. The number of rotatable bonds is 4. The van der Waals surface area contributed by atoms with Gasteiger partial charge in [0.2, 0.25) is 0 Å². The van der Waals surface area contributed by atoms with Crippen molar-refractivity contribution in [2.24, 2.45) is 5.92 Å². The number of aliphatic hydroxyl groups is 1. The highest BCUT2D eigenvalue weighted by atomic mass is 16.3. The van der Waals surface area contributed by atoms with Gasteiger partial charge in [0.05, 0.1) is 0 Å². The van der Waals surface area contributed by atoms with E-state index in [0.29, 0.717) is 12.3 Å². The molecule has 21 heavy (non-hydrogen) atoms. The van der Waals surface area contributed by atoms with Crippen molar-refractivity contribution < 1.29 is 5.11 Å². The standard InChI is InChI=1S/C20H20O/c21-20(18-12-6-2-7-13-18,19-14-8-3-9-15-19)16-17-10-4-1-5-11-17/h1-10,12-15,17,21H,11,16H2. The Kier molecular flexibility index (Phi) is 4.03. The third kappa shape index (κ3) is 2.98. The highest BCUT2D eigenvalue weighted by molar-refractivity contribution is 5.36. The molecule has 0 saturated heterocycles. The maximum absolute atomic E-state index is 11.4. The van der Waals surface area contributed by atoms with Crippen LogP contribution in [0.5, 0.6) is 0 Å². The van der Waals surface area contributed by atoms with Gasteiger partial charge in [0.1, 0.15) is 5.60 Å². The first-order chi connectivity index (χ1) is 10.3. The quantitative estimate of drug-likeness (QED) is 0.875. The van der Waals surface area contributed by atoms with E-state index in [4.69, 9.17) is 0 Å². The van der Waals surface area contributed by atoms with Crippen LogP contribution in [0, 0.1) is 5.92 Å². The fourth-order valence-corrected chi connectivity index (χ4v) is 2.99. The first-order valence-electron chi connectivity index (χ1n) is 7.46. The largest absolute Gasteiger partial charge is 0.380 e. The smallest absolute Gasteiger partial charge is 0.115 e. The lowest BCUT2D eigenvalue weighted by atomic mass is 9.78. The van der Waals surface area contributed by atoms with Gasteiger partial charge < -0.3 is 5.11 Å². The van der Waals surface area contributed by atoms with Crippen LogP contribution in [0.1, 0.15) is 24.0 Å². The topological polar surface area (TPSA) is 20.2 Å². The molecule has 0 saturated carbocycles. The molecule has 0 fully saturated rings. The van der Waals surface area contributed by atoms with Crippen LogP contribution >= 0.6 is 0 Å². The molecule has 1 atom stereocenters. The van der Waals surface area contributed by atoms with Crippen molar-refractivity contribution in [1.29, 1.82) is 0 Å². The first kappa shape index (κ1) is 13.8. The van der Waals surface area contributed by atoms with Crippen LogP contribution in [0.3, 0.4) is 0 Å². The molecule has 3 rings (SSSR count). The summed E-state index contributed by atoms with van der Waals surface area (Å²) in [5, 5.41) is 11.4. The van der Waals surface area contributed by atoms with Gasteiger partial charge in [0, 0.05) is 0 Å². The molecule has 0 amide bonds. The Morgan fingerprint density at radius 2 is 1.43 bits per heavy atom. The first-order valence-corrected chi connectivity index (χ1v) is 7.46. The molecule has 0 bridgehead atoms. The number of hydrogen-bond acceptors (Lipinski definition) is 1. The highest BCUT2D eigenvalue weighted by Crippen LogP contribution is 2.37. The van der Waals surface area contributed by atoms with E-state index >= 15 is 0 Å². The molecule has 1 unspecified atom stereocenters. The van der Waals surface area contributed by atoms with Crippen molar-refractivity contribution in [3.63, 3.8) is 0 Å². The van der Waals surface area contributed by atoms with Gasteiger partial charge in [-0.2, -0.15) is 0 Å². The molecule has 0 radical (unpaired) electrons. The van der Waals surface area contributed by atoms with Crippen molar-refractivity contribution >= 4 is 0 Å². The van der Waals surface area contributed by atoms with Crippen LogP contribution in [0.15, 0.2) is 85.0 Å². The third-order valence-corrected chi connectivity index (χ3v) is 4.13. The molecule has 1 nitrogen and oxygen atoms in total. The van der Waals surface area contributed by atoms with Crippen molar-refractivity contribution in [2.45, 2.75) is 18.4 Å². The molecular weight excluding hydrogens is 256 g/mol. The van der Waals surface area contributed by atoms with Gasteiger partial charge in [-0.3, -0.25) is 0 Å². The van der Waals surface area contributed by atoms with Gasteiger partial charge in [0.25, 0.3) is 0 Å². The molecule has 1 aliphatic rings. The van der Waals surface area contributed by atoms with Gasteiger partial charge in [-0.05, 0) is 29.9 Å². The van der Waals surface area contributed by atoms with E-state index < -0.39 is 5.60 Å². The summed E-state index contributed by atoms with van der Waals surface area (Å²) in [6.45, 7) is 0. The Morgan fingerprint density at radius 3 is 1.90 bits per heavy atom. The van der Waals surface area contributed by atoms with Crippen LogP contribution in [0.4, 0.5) is 0 Å². The monoisotopic (exact) mass is 276 g/mol. The van der Waals surface area contributed by atoms with Gasteiger partial charge in [-0.1, -0.05) is 85.0 Å². The fraction of sp³-hybridized carbons (Fsp3) is 0.200. The predicted molar refractivity (Wildman–Crippen MR) is 86.9 cm³/mol. The normalized spacial score (nSPS) is 17.9. The minimum absolute atomic E-state index is 0.361. The van der Waals surface area contributed by atoms with E-state index in [-0.39, 0.29) is 0 Å². The molecule has 1 N–H and O–H groups in total. The van der Waals surface area contributed by atoms with Crippen molar-refractivity contribution in [3.05, 3.63) is 96.1 Å². The molecule has 106 valence electrons. The molecule has 2 aromatic carbocycles. The predicted octanol–water partition coefficient (Wildman–Crippen LogP) is 4.44. The molecule has 0 aliphatic heterocycles. The van der Waals surface area contributed by atoms with Gasteiger partial charge in [-0.25, -0.2) is 0 Å². The van der Waals surface area contributed by atoms with Gasteiger partial charge in [-0.15, -0.1) is 0 Å². The molecule has 0 spiro atoms. The van der Waals surface area contributed by atoms with Crippen LogP contribution in [-0.4, -0.2) is 5.11 Å². The summed E-state index contributed by atoms with van der Waals surface area (Å²) in [5.74, 6) is 0.361. The second-order valence-corrected chi connectivity index (χ2v) is 5.61. The number of benzene rings is 2. The van der Waals surface area contributed by atoms with Crippen LogP contribution in [0.25, 0.3) is 0 Å². The SMILES string of the molecule is OC(CC1C=CC=CC1)(c1ccccc1)c1ccccc1. The van der Waals surface area contributed by atoms with E-state index in [2.05, 4.69) is 24.3 Å². The van der Waals surface area contributed by atoms with Crippen molar-refractivity contribution in [1.82, 2.24) is 0 Å². The van der Waals surface area contributed by atoms with Crippen molar-refractivity contribution in [2.75, 3.05) is 0 Å². The zero-order chi connectivity index (χ0) is 14.5. The number of hydrogen-bond donors (Lipinski definition) is 1. The van der Waals surface area contributed by atoms with Gasteiger partial charge >= 0.3 is 0 Å². The molecule has 2 aromatic rings. The van der Waals surface area contributed by atoms with Crippen LogP contribution in [0.2, 0.25) is 0 Å². The van der Waals surface area contributed by atoms with Crippen LogP contribution < -0.4 is 0 Å². The summed E-state index contributed by atoms with van der Waals surface area (Å²) in [4.78, 5) is 0. The Morgan fingerprint density at radius 1 is 0.857 bits per heavy atom. The summed E-state index contributed by atoms with van der Waals surface area (Å²) in [6.07, 6.45) is 10.2. The lowest BCUT2D eigenvalue weighted by molar-refractivity contribution is 0.0589. The second kappa shape index (κ2) is 6.11. The summed E-state index contributed by atoms with van der Waals surface area (Å²) < 4.78 is 0. The van der Waals surface area contributed by atoms with Crippen molar-refractivity contribution in [3.8, 4) is 0 Å². The average Bonchev–Trinajstić information content (AvgIpc) is 2.57. The molecule has 0 aromatic heterocycles. The average molecular weight is 276 g/mol. The Bertz CT molecular complexity index is 586. The van der Waals surface area contributed by atoms with E-state index in [1.54, 1.807) is 0 Å².